The summed E-state index contributed by atoms with van der Waals surface area (Å²) in [7, 11) is 0. The van der Waals surface area contributed by atoms with Crippen molar-refractivity contribution in [3.63, 3.8) is 0 Å². The molecule has 2 rings (SSSR count). The summed E-state index contributed by atoms with van der Waals surface area (Å²) in [5.41, 5.74) is 1.54. The third-order valence-corrected chi connectivity index (χ3v) is 3.15. The van der Waals surface area contributed by atoms with Gasteiger partial charge in [-0.1, -0.05) is 23.2 Å². The van der Waals surface area contributed by atoms with Crippen LogP contribution in [0.3, 0.4) is 0 Å². The molecule has 1 aromatic carbocycles. The zero-order valence-electron chi connectivity index (χ0n) is 11.2. The van der Waals surface area contributed by atoms with Crippen molar-refractivity contribution in [2.24, 2.45) is 0 Å². The maximum Gasteiger partial charge on any atom is 0.130 e. The van der Waals surface area contributed by atoms with E-state index >= 15 is 0 Å². The largest absolute Gasteiger partial charge is 0.387 e. The van der Waals surface area contributed by atoms with Crippen LogP contribution in [0.5, 0.6) is 0 Å². The molecule has 2 N–H and O–H groups in total. The molecule has 6 heteroatoms. The maximum absolute atomic E-state index is 10.1. The number of rotatable bonds is 4. The van der Waals surface area contributed by atoms with Gasteiger partial charge in [-0.05, 0) is 37.6 Å². The van der Waals surface area contributed by atoms with Gasteiger partial charge in [-0.25, -0.2) is 9.97 Å². The van der Waals surface area contributed by atoms with Crippen LogP contribution in [0.15, 0.2) is 24.3 Å². The number of benzene rings is 1. The second-order valence-electron chi connectivity index (χ2n) is 4.54. The Bertz CT molecular complexity index is 579. The first kappa shape index (κ1) is 15.0. The lowest BCUT2D eigenvalue weighted by Gasteiger charge is -2.14. The summed E-state index contributed by atoms with van der Waals surface area (Å²) < 4.78 is 0. The Morgan fingerprint density at radius 3 is 2.35 bits per heavy atom. The number of aliphatic hydroxyl groups excluding tert-OH is 1. The van der Waals surface area contributed by atoms with E-state index < -0.39 is 6.10 Å². The quantitative estimate of drug-likeness (QED) is 0.906. The molecule has 0 radical (unpaired) electrons. The van der Waals surface area contributed by atoms with Crippen molar-refractivity contribution in [2.45, 2.75) is 20.0 Å². The predicted octanol–water partition coefficient (Wildman–Crippen LogP) is 3.55. The molecule has 1 heterocycles. The molecular formula is C14H15Cl2N3O. The fourth-order valence-electron chi connectivity index (χ4n) is 1.89. The molecule has 0 amide bonds. The van der Waals surface area contributed by atoms with Crippen molar-refractivity contribution in [3.05, 3.63) is 51.4 Å². The maximum atomic E-state index is 10.1. The van der Waals surface area contributed by atoms with Crippen molar-refractivity contribution in [2.75, 3.05) is 11.9 Å². The first-order chi connectivity index (χ1) is 9.44. The van der Waals surface area contributed by atoms with Crippen LogP contribution in [-0.4, -0.2) is 21.6 Å². The highest BCUT2D eigenvalue weighted by atomic mass is 35.5. The van der Waals surface area contributed by atoms with Crippen LogP contribution in [0.2, 0.25) is 10.0 Å². The molecule has 2 aromatic rings. The highest BCUT2D eigenvalue weighted by Crippen LogP contribution is 2.23. The Morgan fingerprint density at radius 1 is 1.10 bits per heavy atom. The SMILES string of the molecule is Cc1cc(NCC(O)c2cc(Cl)cc(Cl)c2)nc(C)n1. The summed E-state index contributed by atoms with van der Waals surface area (Å²) >= 11 is 11.8. The van der Waals surface area contributed by atoms with Gasteiger partial charge in [0, 0.05) is 28.4 Å². The average molecular weight is 312 g/mol. The van der Waals surface area contributed by atoms with Crippen LogP contribution in [0.1, 0.15) is 23.2 Å². The predicted molar refractivity (Wildman–Crippen MR) is 81.4 cm³/mol. The Balaban J connectivity index is 2.06. The second-order valence-corrected chi connectivity index (χ2v) is 5.41. The highest BCUT2D eigenvalue weighted by Gasteiger charge is 2.10. The van der Waals surface area contributed by atoms with Gasteiger partial charge < -0.3 is 10.4 Å². The van der Waals surface area contributed by atoms with Crippen LogP contribution in [-0.2, 0) is 0 Å². The van der Waals surface area contributed by atoms with Crippen molar-refractivity contribution in [3.8, 4) is 0 Å². The molecule has 106 valence electrons. The molecule has 0 fully saturated rings. The molecule has 0 spiro atoms. The van der Waals surface area contributed by atoms with E-state index in [1.807, 2.05) is 19.9 Å². The molecule has 1 unspecified atom stereocenters. The number of nitrogens with zero attached hydrogens (tertiary/aromatic N) is 2. The second kappa shape index (κ2) is 6.39. The zero-order chi connectivity index (χ0) is 14.7. The lowest BCUT2D eigenvalue weighted by atomic mass is 10.1. The van der Waals surface area contributed by atoms with Gasteiger partial charge in [0.05, 0.1) is 6.10 Å². The van der Waals surface area contributed by atoms with Crippen LogP contribution in [0, 0.1) is 13.8 Å². The van der Waals surface area contributed by atoms with E-state index in [0.717, 1.165) is 5.69 Å². The molecule has 1 atom stereocenters. The third kappa shape index (κ3) is 4.07. The number of hydrogen-bond donors (Lipinski definition) is 2. The first-order valence-electron chi connectivity index (χ1n) is 6.14. The molecule has 0 saturated carbocycles. The van der Waals surface area contributed by atoms with E-state index in [9.17, 15) is 5.11 Å². The standard InChI is InChI=1S/C14H15Cl2N3O/c1-8-3-14(19-9(2)18-8)17-7-13(20)10-4-11(15)6-12(16)5-10/h3-6,13,20H,7H2,1-2H3,(H,17,18,19). The number of halogens is 2. The van der Waals surface area contributed by atoms with Gasteiger partial charge in [0.15, 0.2) is 0 Å². The molecular weight excluding hydrogens is 297 g/mol. The molecule has 1 aromatic heterocycles. The van der Waals surface area contributed by atoms with Gasteiger partial charge in [0.25, 0.3) is 0 Å². The topological polar surface area (TPSA) is 58.0 Å². The lowest BCUT2D eigenvalue weighted by molar-refractivity contribution is 0.191. The smallest absolute Gasteiger partial charge is 0.130 e. The molecule has 0 aliphatic heterocycles. The minimum atomic E-state index is -0.721. The summed E-state index contributed by atoms with van der Waals surface area (Å²) in [6.07, 6.45) is -0.721. The van der Waals surface area contributed by atoms with E-state index in [1.54, 1.807) is 18.2 Å². The first-order valence-corrected chi connectivity index (χ1v) is 6.90. The van der Waals surface area contributed by atoms with E-state index in [2.05, 4.69) is 15.3 Å². The summed E-state index contributed by atoms with van der Waals surface area (Å²) in [5.74, 6) is 1.37. The van der Waals surface area contributed by atoms with Gasteiger partial charge in [-0.2, -0.15) is 0 Å². The van der Waals surface area contributed by atoms with Crippen LogP contribution in [0.25, 0.3) is 0 Å². The molecule has 0 aliphatic rings. The average Bonchev–Trinajstić information content (AvgIpc) is 2.33. The number of anilines is 1. The van der Waals surface area contributed by atoms with E-state index in [-0.39, 0.29) is 0 Å². The lowest BCUT2D eigenvalue weighted by Crippen LogP contribution is -2.13. The van der Waals surface area contributed by atoms with Gasteiger partial charge in [-0.15, -0.1) is 0 Å². The van der Waals surface area contributed by atoms with Crippen LogP contribution < -0.4 is 5.32 Å². The van der Waals surface area contributed by atoms with E-state index in [4.69, 9.17) is 23.2 Å². The minimum absolute atomic E-state index is 0.312. The Labute approximate surface area is 127 Å². The highest BCUT2D eigenvalue weighted by molar-refractivity contribution is 6.34. The third-order valence-electron chi connectivity index (χ3n) is 2.71. The summed E-state index contributed by atoms with van der Waals surface area (Å²) in [6.45, 7) is 4.03. The fourth-order valence-corrected chi connectivity index (χ4v) is 2.44. The van der Waals surface area contributed by atoms with Gasteiger partial charge in [0.1, 0.15) is 11.6 Å². The zero-order valence-corrected chi connectivity index (χ0v) is 12.7. The number of aromatic nitrogens is 2. The molecule has 0 aliphatic carbocycles. The normalized spacial score (nSPS) is 12.2. The van der Waals surface area contributed by atoms with Crippen LogP contribution >= 0.6 is 23.2 Å². The molecule has 20 heavy (non-hydrogen) atoms. The minimum Gasteiger partial charge on any atom is -0.387 e. The van der Waals surface area contributed by atoms with Gasteiger partial charge in [-0.3, -0.25) is 0 Å². The molecule has 4 nitrogen and oxygen atoms in total. The number of aryl methyl sites for hydroxylation is 2. The summed E-state index contributed by atoms with van der Waals surface area (Å²) in [4.78, 5) is 8.44. The molecule has 0 saturated heterocycles. The van der Waals surface area contributed by atoms with E-state index in [1.165, 1.54) is 0 Å². The summed E-state index contributed by atoms with van der Waals surface area (Å²) in [5, 5.41) is 14.2. The van der Waals surface area contributed by atoms with Crippen LogP contribution in [0.4, 0.5) is 5.82 Å². The van der Waals surface area contributed by atoms with Crippen molar-refractivity contribution in [1.29, 1.82) is 0 Å². The van der Waals surface area contributed by atoms with Crippen molar-refractivity contribution < 1.29 is 5.11 Å². The number of nitrogens with one attached hydrogen (secondary N) is 1. The van der Waals surface area contributed by atoms with Crippen molar-refractivity contribution >= 4 is 29.0 Å². The monoisotopic (exact) mass is 311 g/mol. The fraction of sp³-hybridized carbons (Fsp3) is 0.286. The molecule has 0 bridgehead atoms. The Hall–Kier alpha value is -1.36. The van der Waals surface area contributed by atoms with Gasteiger partial charge in [0.2, 0.25) is 0 Å². The Morgan fingerprint density at radius 2 is 1.75 bits per heavy atom. The van der Waals surface area contributed by atoms with Crippen molar-refractivity contribution in [1.82, 2.24) is 9.97 Å². The van der Waals surface area contributed by atoms with Gasteiger partial charge >= 0.3 is 0 Å². The number of aliphatic hydroxyl groups is 1. The van der Waals surface area contributed by atoms with E-state index in [0.29, 0.717) is 33.8 Å². The Kier molecular flexibility index (Phi) is 4.81. The number of hydrogen-bond acceptors (Lipinski definition) is 4. The summed E-state index contributed by atoms with van der Waals surface area (Å²) in [6, 6.07) is 6.83.